The Morgan fingerprint density at radius 1 is 1.19 bits per heavy atom. The summed E-state index contributed by atoms with van der Waals surface area (Å²) in [5.41, 5.74) is 1.63. The van der Waals surface area contributed by atoms with Gasteiger partial charge >= 0.3 is 0 Å². The molecule has 1 aliphatic rings. The first-order chi connectivity index (χ1) is 13.1. The predicted octanol–water partition coefficient (Wildman–Crippen LogP) is 1.24. The second kappa shape index (κ2) is 8.63. The number of hydrogen-bond donors (Lipinski definition) is 1. The average molecular weight is 372 g/mol. The second-order valence-electron chi connectivity index (χ2n) is 6.08. The predicted molar refractivity (Wildman–Crippen MR) is 100 cm³/mol. The Hall–Kier alpha value is -2.94. The lowest BCUT2D eigenvalue weighted by Crippen LogP contribution is -2.41. The van der Waals surface area contributed by atoms with Crippen molar-refractivity contribution in [2.24, 2.45) is 0 Å². The Balaban J connectivity index is 1.73. The monoisotopic (exact) mass is 372 g/mol. The van der Waals surface area contributed by atoms with Crippen molar-refractivity contribution in [3.63, 3.8) is 0 Å². The summed E-state index contributed by atoms with van der Waals surface area (Å²) in [6.07, 6.45) is 8.16. The summed E-state index contributed by atoms with van der Waals surface area (Å²) in [7, 11) is 0. The molecule has 2 aromatic rings. The highest BCUT2D eigenvalue weighted by molar-refractivity contribution is 6.06. The molecular weight excluding hydrogens is 348 g/mol. The molecule has 0 radical (unpaired) electrons. The molecular formula is C18H24N6O3. The van der Waals surface area contributed by atoms with Crippen LogP contribution in [0, 0.1) is 0 Å². The minimum absolute atomic E-state index is 0.152. The van der Waals surface area contributed by atoms with E-state index in [9.17, 15) is 9.59 Å². The van der Waals surface area contributed by atoms with Gasteiger partial charge in [0, 0.05) is 44.0 Å². The van der Waals surface area contributed by atoms with Gasteiger partial charge in [-0.3, -0.25) is 19.0 Å². The Labute approximate surface area is 157 Å². The molecule has 0 bridgehead atoms. The molecule has 1 aliphatic heterocycles. The van der Waals surface area contributed by atoms with Crippen LogP contribution in [0.2, 0.25) is 0 Å². The molecule has 0 aliphatic carbocycles. The van der Waals surface area contributed by atoms with E-state index < -0.39 is 0 Å². The van der Waals surface area contributed by atoms with Crippen molar-refractivity contribution in [3.8, 4) is 0 Å². The lowest BCUT2D eigenvalue weighted by atomic mass is 10.2. The fourth-order valence-electron chi connectivity index (χ4n) is 2.84. The van der Waals surface area contributed by atoms with Crippen molar-refractivity contribution in [2.45, 2.75) is 26.9 Å². The first-order valence-corrected chi connectivity index (χ1v) is 9.06. The highest BCUT2D eigenvalue weighted by atomic mass is 16.5. The second-order valence-corrected chi connectivity index (χ2v) is 6.08. The van der Waals surface area contributed by atoms with Gasteiger partial charge in [0.15, 0.2) is 0 Å². The molecule has 0 spiro atoms. The highest BCUT2D eigenvalue weighted by Crippen LogP contribution is 2.18. The molecule has 9 nitrogen and oxygen atoms in total. The maximum absolute atomic E-state index is 12.9. The van der Waals surface area contributed by atoms with E-state index in [0.717, 1.165) is 12.1 Å². The van der Waals surface area contributed by atoms with Crippen LogP contribution in [0.25, 0.3) is 6.08 Å². The number of amides is 2. The molecule has 0 unspecified atom stereocenters. The molecule has 144 valence electrons. The van der Waals surface area contributed by atoms with E-state index in [2.05, 4.69) is 15.5 Å². The van der Waals surface area contributed by atoms with Crippen LogP contribution in [0.3, 0.4) is 0 Å². The van der Waals surface area contributed by atoms with Crippen LogP contribution in [0.4, 0.5) is 5.69 Å². The molecule has 1 N–H and O–H groups in total. The van der Waals surface area contributed by atoms with Crippen LogP contribution >= 0.6 is 0 Å². The minimum Gasteiger partial charge on any atom is -0.378 e. The van der Waals surface area contributed by atoms with Crippen molar-refractivity contribution < 1.29 is 14.3 Å². The van der Waals surface area contributed by atoms with E-state index in [1.54, 1.807) is 26.5 Å². The number of ether oxygens (including phenoxy) is 1. The summed E-state index contributed by atoms with van der Waals surface area (Å²) < 4.78 is 8.68. The Morgan fingerprint density at radius 3 is 2.63 bits per heavy atom. The van der Waals surface area contributed by atoms with Crippen LogP contribution in [0.5, 0.6) is 0 Å². The topological polar surface area (TPSA) is 94.3 Å². The Bertz CT molecular complexity index is 832. The van der Waals surface area contributed by atoms with Crippen molar-refractivity contribution in [3.05, 3.63) is 35.9 Å². The zero-order valence-electron chi connectivity index (χ0n) is 15.6. The zero-order valence-corrected chi connectivity index (χ0v) is 15.6. The van der Waals surface area contributed by atoms with E-state index in [4.69, 9.17) is 4.74 Å². The largest absolute Gasteiger partial charge is 0.378 e. The van der Waals surface area contributed by atoms with Gasteiger partial charge in [-0.05, 0) is 19.9 Å². The molecule has 27 heavy (non-hydrogen) atoms. The van der Waals surface area contributed by atoms with Crippen LogP contribution < -0.4 is 5.32 Å². The van der Waals surface area contributed by atoms with Gasteiger partial charge in [0.2, 0.25) is 5.91 Å². The Kier molecular flexibility index (Phi) is 6.02. The summed E-state index contributed by atoms with van der Waals surface area (Å²) in [6.45, 7) is 7.29. The quantitative estimate of drug-likeness (QED) is 0.770. The molecule has 0 atom stereocenters. The number of nitrogens with zero attached hydrogens (tertiary/aromatic N) is 5. The zero-order chi connectivity index (χ0) is 19.2. The third kappa shape index (κ3) is 4.43. The SMILES string of the molecule is CCn1cc(/C=C/C(=O)Nc2cnn(CC)c2C(=O)N2CCOCC2)cn1. The first-order valence-electron chi connectivity index (χ1n) is 9.06. The third-order valence-corrected chi connectivity index (χ3v) is 4.30. The lowest BCUT2D eigenvalue weighted by molar-refractivity contribution is -0.111. The Morgan fingerprint density at radius 2 is 1.96 bits per heavy atom. The maximum atomic E-state index is 12.9. The minimum atomic E-state index is -0.328. The van der Waals surface area contributed by atoms with Gasteiger partial charge < -0.3 is 15.0 Å². The smallest absolute Gasteiger partial charge is 0.274 e. The summed E-state index contributed by atoms with van der Waals surface area (Å²) in [5.74, 6) is -0.480. The number of anilines is 1. The first kappa shape index (κ1) is 18.8. The van der Waals surface area contributed by atoms with Gasteiger partial charge in [-0.1, -0.05) is 0 Å². The highest BCUT2D eigenvalue weighted by Gasteiger charge is 2.25. The number of rotatable bonds is 6. The number of aryl methyl sites for hydroxylation is 2. The summed E-state index contributed by atoms with van der Waals surface area (Å²) in [5, 5.41) is 11.1. The third-order valence-electron chi connectivity index (χ3n) is 4.30. The van der Waals surface area contributed by atoms with Gasteiger partial charge in [-0.2, -0.15) is 10.2 Å². The van der Waals surface area contributed by atoms with Crippen LogP contribution in [0.1, 0.15) is 29.9 Å². The van der Waals surface area contributed by atoms with E-state index in [-0.39, 0.29) is 11.8 Å². The number of hydrogen-bond acceptors (Lipinski definition) is 5. The van der Waals surface area contributed by atoms with Crippen molar-refractivity contribution in [1.82, 2.24) is 24.5 Å². The van der Waals surface area contributed by atoms with Gasteiger partial charge in [0.05, 0.1) is 31.3 Å². The molecule has 3 heterocycles. The molecule has 9 heteroatoms. The van der Waals surface area contributed by atoms with Gasteiger partial charge in [0.1, 0.15) is 5.69 Å². The normalized spacial score (nSPS) is 14.7. The number of morpholine rings is 1. The van der Waals surface area contributed by atoms with Crippen LogP contribution in [-0.2, 0) is 22.6 Å². The maximum Gasteiger partial charge on any atom is 0.274 e. The van der Waals surface area contributed by atoms with Gasteiger partial charge in [-0.25, -0.2) is 0 Å². The van der Waals surface area contributed by atoms with E-state index in [1.807, 2.05) is 20.0 Å². The van der Waals surface area contributed by atoms with Gasteiger partial charge in [-0.15, -0.1) is 0 Å². The van der Waals surface area contributed by atoms with Gasteiger partial charge in [0.25, 0.3) is 5.91 Å². The molecule has 3 rings (SSSR count). The molecule has 2 aromatic heterocycles. The van der Waals surface area contributed by atoms with E-state index in [1.165, 1.54) is 12.3 Å². The molecule has 0 aromatic carbocycles. The number of aromatic nitrogens is 4. The molecule has 2 amide bonds. The number of carbonyl (C=O) groups excluding carboxylic acids is 2. The molecule has 0 saturated carbocycles. The standard InChI is InChI=1S/C18H24N6O3/c1-3-23-13-14(11-19-23)5-6-16(25)21-15-12-20-24(4-2)17(15)18(26)22-7-9-27-10-8-22/h5-6,11-13H,3-4,7-10H2,1-2H3,(H,21,25)/b6-5+. The van der Waals surface area contributed by atoms with E-state index >= 15 is 0 Å². The fraction of sp³-hybridized carbons (Fsp3) is 0.444. The van der Waals surface area contributed by atoms with E-state index in [0.29, 0.717) is 44.2 Å². The number of nitrogens with one attached hydrogen (secondary N) is 1. The fourth-order valence-corrected chi connectivity index (χ4v) is 2.84. The van der Waals surface area contributed by atoms with Crippen LogP contribution in [-0.4, -0.2) is 62.6 Å². The van der Waals surface area contributed by atoms with Crippen molar-refractivity contribution in [1.29, 1.82) is 0 Å². The molecule has 1 saturated heterocycles. The van der Waals surface area contributed by atoms with Crippen molar-refractivity contribution in [2.75, 3.05) is 31.6 Å². The summed E-state index contributed by atoms with van der Waals surface area (Å²) in [6, 6.07) is 0. The van der Waals surface area contributed by atoms with Crippen molar-refractivity contribution >= 4 is 23.6 Å². The number of carbonyl (C=O) groups is 2. The lowest BCUT2D eigenvalue weighted by Gasteiger charge is -2.27. The average Bonchev–Trinajstić information content (AvgIpc) is 3.33. The summed E-state index contributed by atoms with van der Waals surface area (Å²) >= 11 is 0. The molecule has 1 fully saturated rings. The van der Waals surface area contributed by atoms with Crippen LogP contribution in [0.15, 0.2) is 24.7 Å². The summed E-state index contributed by atoms with van der Waals surface area (Å²) in [4.78, 5) is 26.9.